The molecule has 1 fully saturated rings. The Morgan fingerprint density at radius 1 is 1.12 bits per heavy atom. The molecule has 0 radical (unpaired) electrons. The number of halogens is 3. The summed E-state index contributed by atoms with van der Waals surface area (Å²) in [7, 11) is 0. The van der Waals surface area contributed by atoms with Crippen molar-refractivity contribution < 1.29 is 46.6 Å². The lowest BCUT2D eigenvalue weighted by Crippen LogP contribution is -2.53. The first-order chi connectivity index (χ1) is 18.4. The summed E-state index contributed by atoms with van der Waals surface area (Å²) >= 11 is 5.50. The number of aliphatic hydroxyl groups excluding tert-OH is 1. The van der Waals surface area contributed by atoms with E-state index in [9.17, 15) is 33.1 Å². The lowest BCUT2D eigenvalue weighted by molar-refractivity contribution is -0.191. The molecule has 1 saturated heterocycles. The van der Waals surface area contributed by atoms with E-state index in [2.05, 4.69) is 10.2 Å². The second-order valence-corrected chi connectivity index (χ2v) is 13.1. The summed E-state index contributed by atoms with van der Waals surface area (Å²) < 4.78 is 65.5. The van der Waals surface area contributed by atoms with Crippen LogP contribution in [0.1, 0.15) is 47.8 Å². The molecule has 1 aromatic heterocycles. The minimum absolute atomic E-state index is 0.498. The van der Waals surface area contributed by atoms with E-state index < -0.39 is 91.2 Å². The molecule has 0 aliphatic carbocycles. The second kappa shape index (κ2) is 13.7. The minimum atomic E-state index is -3.85. The molecule has 228 valence electrons. The zero-order valence-corrected chi connectivity index (χ0v) is 24.3. The normalized spacial score (nSPS) is 24.9. The molecule has 2 rings (SSSR count). The van der Waals surface area contributed by atoms with Gasteiger partial charge in [-0.05, 0) is 53.3 Å². The number of carbonyl (C=O) groups excluding carboxylic acids is 2. The van der Waals surface area contributed by atoms with Crippen molar-refractivity contribution in [2.75, 3.05) is 6.61 Å². The van der Waals surface area contributed by atoms with Crippen molar-refractivity contribution in [3.63, 3.8) is 0 Å². The Labute approximate surface area is 232 Å². The first-order valence-corrected chi connectivity index (χ1v) is 14.9. The molecule has 4 N–H and O–H groups in total. The van der Waals surface area contributed by atoms with Crippen molar-refractivity contribution in [1.29, 1.82) is 0 Å². The van der Waals surface area contributed by atoms with Crippen LogP contribution in [-0.4, -0.2) is 81.8 Å². The molecular formula is C22H34F3N4O9PS. The molecule has 40 heavy (non-hydrogen) atoms. The first-order valence-electron chi connectivity index (χ1n) is 12.2. The number of esters is 2. The number of hydrogen-bond donors (Lipinski definition) is 4. The first kappa shape index (κ1) is 34.1. The van der Waals surface area contributed by atoms with Gasteiger partial charge in [0.2, 0.25) is 0 Å². The monoisotopic (exact) mass is 618 g/mol. The zero-order chi connectivity index (χ0) is 30.6. The average molecular weight is 619 g/mol. The number of aromatic nitrogens is 2. The Morgan fingerprint density at radius 3 is 2.05 bits per heavy atom. The third-order valence-electron chi connectivity index (χ3n) is 5.52. The molecule has 0 unspecified atom stereocenters. The Bertz CT molecular complexity index is 1180. The maximum atomic E-state index is 15.1. The molecule has 0 amide bonds. The molecule has 1 aliphatic heterocycles. The van der Waals surface area contributed by atoms with E-state index in [0.717, 1.165) is 12.3 Å². The zero-order valence-electron chi connectivity index (χ0n) is 22.6. The summed E-state index contributed by atoms with van der Waals surface area (Å²) in [5.74, 6) is -1.54. The molecule has 0 spiro atoms. The van der Waals surface area contributed by atoms with Crippen LogP contribution in [-0.2, 0) is 40.1 Å². The van der Waals surface area contributed by atoms with Gasteiger partial charge in [0.05, 0.1) is 18.8 Å². The van der Waals surface area contributed by atoms with Gasteiger partial charge in [0, 0.05) is 12.3 Å². The largest absolute Gasteiger partial charge is 0.462 e. The van der Waals surface area contributed by atoms with E-state index in [4.69, 9.17) is 30.5 Å². The number of hydrogen-bond acceptors (Lipinski definition) is 10. The number of aromatic amines is 1. The number of ether oxygens (including phenoxy) is 3. The fourth-order valence-corrected chi connectivity index (χ4v) is 6.52. The average Bonchev–Trinajstić information content (AvgIpc) is 3.08. The van der Waals surface area contributed by atoms with E-state index in [1.165, 1.54) is 13.8 Å². The molecule has 1 aromatic rings. The van der Waals surface area contributed by atoms with Crippen molar-refractivity contribution in [1.82, 2.24) is 19.7 Å². The van der Waals surface area contributed by atoms with Crippen LogP contribution in [0.5, 0.6) is 0 Å². The highest BCUT2D eigenvalue weighted by Crippen LogP contribution is 2.47. The van der Waals surface area contributed by atoms with Crippen LogP contribution in [0.15, 0.2) is 21.9 Å². The van der Waals surface area contributed by atoms with Gasteiger partial charge in [0.15, 0.2) is 24.6 Å². The van der Waals surface area contributed by atoms with Crippen molar-refractivity contribution in [3.05, 3.63) is 33.1 Å². The molecule has 0 bridgehead atoms. The van der Waals surface area contributed by atoms with Crippen molar-refractivity contribution in [3.8, 4) is 0 Å². The second-order valence-electron chi connectivity index (χ2n) is 9.67. The maximum absolute atomic E-state index is 15.1. The smallest absolute Gasteiger partial charge is 0.330 e. The van der Waals surface area contributed by atoms with Crippen molar-refractivity contribution >= 4 is 30.3 Å². The number of H-pyrrole nitrogens is 1. The topological polar surface area (TPSA) is 170 Å². The predicted octanol–water partition coefficient (Wildman–Crippen LogP) is 0.869. The van der Waals surface area contributed by atoms with E-state index in [0.29, 0.717) is 4.57 Å². The van der Waals surface area contributed by atoms with Crippen LogP contribution in [0.3, 0.4) is 0 Å². The number of aliphatic hydroxyl groups is 1. The SMILES string of the molecule is CC(C)OC(=O)[C@H](C)NP(=S)(N[C@@H](C)C(=O)OC(C)C)OC[C@@]1(C(F)F)O[C@@H](n2ccc(=O)[nH]c2=O)[C@H](F)[C@@H]1O. The van der Waals surface area contributed by atoms with Gasteiger partial charge < -0.3 is 23.8 Å². The van der Waals surface area contributed by atoms with Gasteiger partial charge in [0.25, 0.3) is 12.0 Å². The molecule has 1 aliphatic rings. The minimum Gasteiger partial charge on any atom is -0.462 e. The number of alkyl halides is 3. The van der Waals surface area contributed by atoms with Gasteiger partial charge >= 0.3 is 17.6 Å². The standard InChI is InChI=1S/C22H34F3N4O9PS/c1-10(2)36-18(32)12(5)27-39(40,28-13(6)19(33)37-11(3)4)35-9-22(20(24)25)16(31)15(23)17(38-22)29-8-7-14(30)26-21(29)34/h7-8,10-13,15-17,20,31H,9H2,1-6H3,(H,26,30,34)(H2,27,28,40)/t12-,13-,15+,16-,17+,22+/m0/s1. The van der Waals surface area contributed by atoms with Gasteiger partial charge in [0.1, 0.15) is 18.2 Å². The highest BCUT2D eigenvalue weighted by molar-refractivity contribution is 8.10. The van der Waals surface area contributed by atoms with Gasteiger partial charge in [-0.1, -0.05) is 0 Å². The van der Waals surface area contributed by atoms with Crippen LogP contribution in [0.2, 0.25) is 0 Å². The highest BCUT2D eigenvalue weighted by Gasteiger charge is 2.62. The number of nitrogens with one attached hydrogen (secondary N) is 3. The third-order valence-corrected chi connectivity index (χ3v) is 8.42. The van der Waals surface area contributed by atoms with Gasteiger partial charge in [-0.15, -0.1) is 0 Å². The van der Waals surface area contributed by atoms with Crippen molar-refractivity contribution in [2.24, 2.45) is 0 Å². The molecule has 18 heteroatoms. The van der Waals surface area contributed by atoms with E-state index >= 15 is 4.39 Å². The van der Waals surface area contributed by atoms with E-state index in [-0.39, 0.29) is 0 Å². The van der Waals surface area contributed by atoms with Crippen LogP contribution in [0.25, 0.3) is 0 Å². The maximum Gasteiger partial charge on any atom is 0.330 e. The lowest BCUT2D eigenvalue weighted by atomic mass is 9.97. The predicted molar refractivity (Wildman–Crippen MR) is 139 cm³/mol. The summed E-state index contributed by atoms with van der Waals surface area (Å²) in [5.41, 5.74) is -5.04. The summed E-state index contributed by atoms with van der Waals surface area (Å²) in [5, 5.41) is 15.8. The number of carbonyl (C=O) groups is 2. The molecular weight excluding hydrogens is 584 g/mol. The Hall–Kier alpha value is -2.14. The Morgan fingerprint density at radius 2 is 1.62 bits per heavy atom. The quantitative estimate of drug-likeness (QED) is 0.182. The van der Waals surface area contributed by atoms with Crippen LogP contribution in [0, 0.1) is 0 Å². The van der Waals surface area contributed by atoms with E-state index in [1.54, 1.807) is 27.7 Å². The molecule has 0 aromatic carbocycles. The number of nitrogens with zero attached hydrogens (tertiary/aromatic N) is 1. The van der Waals surface area contributed by atoms with Crippen molar-refractivity contribution in [2.45, 2.75) is 96.4 Å². The molecule has 0 saturated carbocycles. The highest BCUT2D eigenvalue weighted by atomic mass is 32.4. The summed E-state index contributed by atoms with van der Waals surface area (Å²) in [4.78, 5) is 50.1. The molecule has 2 heterocycles. The van der Waals surface area contributed by atoms with Crippen LogP contribution < -0.4 is 21.4 Å². The Kier molecular flexibility index (Phi) is 11.7. The van der Waals surface area contributed by atoms with Gasteiger partial charge in [-0.25, -0.2) is 28.1 Å². The summed E-state index contributed by atoms with van der Waals surface area (Å²) in [6.07, 6.45) is -10.9. The fraction of sp³-hybridized carbons (Fsp3) is 0.727. The molecule has 6 atom stereocenters. The third kappa shape index (κ3) is 8.21. The summed E-state index contributed by atoms with van der Waals surface area (Å²) in [6.45, 7) is 4.02. The number of rotatable bonds is 13. The Balaban J connectivity index is 2.39. The fourth-order valence-electron chi connectivity index (χ4n) is 3.57. The lowest BCUT2D eigenvalue weighted by Gasteiger charge is -2.35. The van der Waals surface area contributed by atoms with Crippen LogP contribution in [0.4, 0.5) is 13.2 Å². The van der Waals surface area contributed by atoms with Crippen LogP contribution >= 0.6 is 6.57 Å². The van der Waals surface area contributed by atoms with Gasteiger partial charge in [-0.3, -0.25) is 23.9 Å². The summed E-state index contributed by atoms with van der Waals surface area (Å²) in [6, 6.07) is -1.48. The molecule has 13 nitrogen and oxygen atoms in total. The van der Waals surface area contributed by atoms with E-state index in [1.807, 2.05) is 4.98 Å². The van der Waals surface area contributed by atoms with Gasteiger partial charge in [-0.2, -0.15) is 0 Å².